The van der Waals surface area contributed by atoms with Gasteiger partial charge in [-0.15, -0.1) is 0 Å². The second-order valence-electron chi connectivity index (χ2n) is 9.92. The molecular weight excluding hydrogens is 384 g/mol. The van der Waals surface area contributed by atoms with Gasteiger partial charge in [0.1, 0.15) is 0 Å². The lowest BCUT2D eigenvalue weighted by Gasteiger charge is -2.33. The van der Waals surface area contributed by atoms with Gasteiger partial charge in [-0.3, -0.25) is 0 Å². The molecule has 0 heterocycles. The summed E-state index contributed by atoms with van der Waals surface area (Å²) in [7, 11) is 0. The summed E-state index contributed by atoms with van der Waals surface area (Å²) in [6.45, 7) is 9.47. The zero-order valence-electron chi connectivity index (χ0n) is 20.3. The first-order chi connectivity index (χ1) is 15.6. The molecule has 0 heteroatoms. The summed E-state index contributed by atoms with van der Waals surface area (Å²) in [6, 6.07) is 29.7. The molecule has 0 aliphatic carbocycles. The number of benzene rings is 4. The lowest BCUT2D eigenvalue weighted by atomic mass is 9.71. The van der Waals surface area contributed by atoms with E-state index in [0.717, 1.165) is 6.42 Å². The van der Waals surface area contributed by atoms with Gasteiger partial charge in [0.2, 0.25) is 0 Å². The molecule has 4 aromatic rings. The Morgan fingerprint density at radius 1 is 0.719 bits per heavy atom. The molecule has 0 saturated carbocycles. The summed E-state index contributed by atoms with van der Waals surface area (Å²) in [6.07, 6.45) is 7.24. The number of unbranched alkanes of at least 4 members (excludes halogenated alkanes) is 1. The van der Waals surface area contributed by atoms with Crippen molar-refractivity contribution < 1.29 is 0 Å². The van der Waals surface area contributed by atoms with Crippen molar-refractivity contribution in [2.45, 2.75) is 77.6 Å². The molecule has 32 heavy (non-hydrogen) atoms. The van der Waals surface area contributed by atoms with Gasteiger partial charge in [-0.1, -0.05) is 126 Å². The van der Waals surface area contributed by atoms with E-state index in [2.05, 4.69) is 107 Å². The highest BCUT2D eigenvalue weighted by Gasteiger charge is 2.29. The third kappa shape index (κ3) is 4.46. The molecule has 0 aromatic heterocycles. The molecule has 2 unspecified atom stereocenters. The van der Waals surface area contributed by atoms with Crippen molar-refractivity contribution in [2.75, 3.05) is 0 Å². The summed E-state index contributed by atoms with van der Waals surface area (Å²) in [4.78, 5) is 0. The van der Waals surface area contributed by atoms with E-state index < -0.39 is 0 Å². The number of rotatable bonds is 9. The van der Waals surface area contributed by atoms with E-state index in [0.29, 0.717) is 5.92 Å². The number of fused-ring (bicyclic) bond motifs is 2. The molecule has 4 rings (SSSR count). The van der Waals surface area contributed by atoms with E-state index in [-0.39, 0.29) is 5.41 Å². The molecule has 0 fully saturated rings. The van der Waals surface area contributed by atoms with Crippen LogP contribution in [0, 0.1) is 0 Å². The molecule has 0 aliphatic heterocycles. The van der Waals surface area contributed by atoms with Crippen molar-refractivity contribution in [1.82, 2.24) is 0 Å². The Morgan fingerprint density at radius 2 is 1.41 bits per heavy atom. The fraction of sp³-hybridized carbons (Fsp3) is 0.375. The molecule has 0 N–H and O–H groups in total. The van der Waals surface area contributed by atoms with Crippen molar-refractivity contribution in [3.8, 4) is 0 Å². The normalized spacial score (nSPS) is 14.5. The van der Waals surface area contributed by atoms with Crippen LogP contribution in [0.4, 0.5) is 0 Å². The maximum Gasteiger partial charge on any atom is -0.00286 e. The quantitative estimate of drug-likeness (QED) is 0.252. The highest BCUT2D eigenvalue weighted by atomic mass is 14.3. The lowest BCUT2D eigenvalue weighted by molar-refractivity contribution is 0.418. The fourth-order valence-electron chi connectivity index (χ4n) is 5.61. The Morgan fingerprint density at radius 3 is 2.16 bits per heavy atom. The van der Waals surface area contributed by atoms with Crippen molar-refractivity contribution in [3.63, 3.8) is 0 Å². The van der Waals surface area contributed by atoms with E-state index in [1.165, 1.54) is 70.3 Å². The SMILES string of the molecule is CCCCC(C)(Cc1ccc(C(C)CCC)c2ccccc12)c1cccc2ccccc12. The predicted octanol–water partition coefficient (Wildman–Crippen LogP) is 9.59. The molecule has 4 aromatic carbocycles. The molecule has 0 saturated heterocycles. The number of hydrogen-bond donors (Lipinski definition) is 0. The Kier molecular flexibility index (Phi) is 6.99. The molecule has 0 amide bonds. The summed E-state index contributed by atoms with van der Waals surface area (Å²) in [5, 5.41) is 5.64. The molecule has 166 valence electrons. The summed E-state index contributed by atoms with van der Waals surface area (Å²) in [5.41, 5.74) is 4.60. The average Bonchev–Trinajstić information content (AvgIpc) is 2.82. The Balaban J connectivity index is 1.83. The van der Waals surface area contributed by atoms with Crippen LogP contribution in [0.25, 0.3) is 21.5 Å². The summed E-state index contributed by atoms with van der Waals surface area (Å²) >= 11 is 0. The van der Waals surface area contributed by atoms with Gasteiger partial charge >= 0.3 is 0 Å². The minimum absolute atomic E-state index is 0.107. The van der Waals surface area contributed by atoms with Gasteiger partial charge in [-0.05, 0) is 68.8 Å². The molecule has 2 atom stereocenters. The van der Waals surface area contributed by atoms with Crippen molar-refractivity contribution in [2.24, 2.45) is 0 Å². The Bertz CT molecular complexity index is 1180. The summed E-state index contributed by atoms with van der Waals surface area (Å²) in [5.74, 6) is 0.600. The van der Waals surface area contributed by atoms with E-state index in [4.69, 9.17) is 0 Å². The van der Waals surface area contributed by atoms with Crippen LogP contribution in [0.3, 0.4) is 0 Å². The van der Waals surface area contributed by atoms with Crippen LogP contribution in [0.15, 0.2) is 78.9 Å². The van der Waals surface area contributed by atoms with Gasteiger partial charge in [0, 0.05) is 0 Å². The molecule has 0 spiro atoms. The largest absolute Gasteiger partial charge is 0.0654 e. The maximum absolute atomic E-state index is 2.49. The zero-order chi connectivity index (χ0) is 22.6. The van der Waals surface area contributed by atoms with Crippen molar-refractivity contribution >= 4 is 21.5 Å². The highest BCUT2D eigenvalue weighted by Crippen LogP contribution is 2.40. The van der Waals surface area contributed by atoms with E-state index in [9.17, 15) is 0 Å². The highest BCUT2D eigenvalue weighted by molar-refractivity contribution is 5.90. The Hall–Kier alpha value is -2.60. The predicted molar refractivity (Wildman–Crippen MR) is 142 cm³/mol. The lowest BCUT2D eigenvalue weighted by Crippen LogP contribution is -2.25. The second-order valence-corrected chi connectivity index (χ2v) is 9.92. The Labute approximate surface area is 194 Å². The van der Waals surface area contributed by atoms with Gasteiger partial charge in [-0.25, -0.2) is 0 Å². The van der Waals surface area contributed by atoms with Gasteiger partial charge in [0.15, 0.2) is 0 Å². The second kappa shape index (κ2) is 9.90. The van der Waals surface area contributed by atoms with Gasteiger partial charge in [0.25, 0.3) is 0 Å². The van der Waals surface area contributed by atoms with Crippen LogP contribution in [0.5, 0.6) is 0 Å². The molecule has 0 aliphatic rings. The van der Waals surface area contributed by atoms with Crippen LogP contribution < -0.4 is 0 Å². The smallest absolute Gasteiger partial charge is 0.00286 e. The minimum atomic E-state index is 0.107. The molecule has 0 nitrogen and oxygen atoms in total. The first-order valence-electron chi connectivity index (χ1n) is 12.6. The van der Waals surface area contributed by atoms with Crippen LogP contribution >= 0.6 is 0 Å². The van der Waals surface area contributed by atoms with Crippen LogP contribution in [0.2, 0.25) is 0 Å². The topological polar surface area (TPSA) is 0 Å². The average molecular weight is 423 g/mol. The molecule has 0 radical (unpaired) electrons. The van der Waals surface area contributed by atoms with E-state index in [1.54, 1.807) is 0 Å². The number of hydrogen-bond acceptors (Lipinski definition) is 0. The van der Waals surface area contributed by atoms with Crippen molar-refractivity contribution in [1.29, 1.82) is 0 Å². The van der Waals surface area contributed by atoms with Gasteiger partial charge in [0.05, 0.1) is 0 Å². The minimum Gasteiger partial charge on any atom is -0.0654 e. The summed E-state index contributed by atoms with van der Waals surface area (Å²) < 4.78 is 0. The van der Waals surface area contributed by atoms with E-state index in [1.807, 2.05) is 0 Å². The van der Waals surface area contributed by atoms with Crippen LogP contribution in [0.1, 0.15) is 82.4 Å². The van der Waals surface area contributed by atoms with Crippen LogP contribution in [-0.2, 0) is 11.8 Å². The first-order valence-corrected chi connectivity index (χ1v) is 12.6. The standard InChI is InChI=1S/C32H38/c1-5-7-22-32(4,31-19-12-15-25-14-8-9-17-29(25)31)23-26-20-21-27(24(3)13-6-2)30-18-11-10-16-28(26)30/h8-12,14-21,24H,5-7,13,22-23H2,1-4H3. The zero-order valence-corrected chi connectivity index (χ0v) is 20.3. The third-order valence-corrected chi connectivity index (χ3v) is 7.40. The first kappa shape index (κ1) is 22.6. The monoisotopic (exact) mass is 422 g/mol. The molecule has 0 bridgehead atoms. The van der Waals surface area contributed by atoms with Gasteiger partial charge < -0.3 is 0 Å². The van der Waals surface area contributed by atoms with Gasteiger partial charge in [-0.2, -0.15) is 0 Å². The third-order valence-electron chi connectivity index (χ3n) is 7.40. The maximum atomic E-state index is 2.49. The van der Waals surface area contributed by atoms with Crippen LogP contribution in [-0.4, -0.2) is 0 Å². The van der Waals surface area contributed by atoms with E-state index >= 15 is 0 Å². The fourth-order valence-corrected chi connectivity index (χ4v) is 5.61. The molecular formula is C32H38. The van der Waals surface area contributed by atoms with Crippen molar-refractivity contribution in [3.05, 3.63) is 95.6 Å².